The number of rotatable bonds is 3. The van der Waals surface area contributed by atoms with Crippen LogP contribution in [0.2, 0.25) is 0 Å². The molecule has 0 amide bonds. The van der Waals surface area contributed by atoms with Crippen molar-refractivity contribution in [3.8, 4) is 0 Å². The molecule has 0 aromatic heterocycles. The molecule has 0 radical (unpaired) electrons. The van der Waals surface area contributed by atoms with E-state index in [1.807, 2.05) is 0 Å². The summed E-state index contributed by atoms with van der Waals surface area (Å²) in [6, 6.07) is 0.757. The van der Waals surface area contributed by atoms with E-state index in [1.54, 1.807) is 0 Å². The summed E-state index contributed by atoms with van der Waals surface area (Å²) in [7, 11) is 6.62. The van der Waals surface area contributed by atoms with Crippen LogP contribution in [0.3, 0.4) is 0 Å². The van der Waals surface area contributed by atoms with Crippen LogP contribution in [0.15, 0.2) is 23.5 Å². The standard InChI is InChI=1S/C16H29N3/c1-13(2)14-6-7-16(18(5)12-14)19-10-8-15(9-11-19)17(3)4/h6-7,13,15H,8-12H2,1-5H3. The van der Waals surface area contributed by atoms with Crippen LogP contribution in [0.25, 0.3) is 0 Å². The van der Waals surface area contributed by atoms with Crippen LogP contribution in [0.5, 0.6) is 0 Å². The minimum Gasteiger partial charge on any atom is -0.358 e. The van der Waals surface area contributed by atoms with Crippen molar-refractivity contribution in [2.75, 3.05) is 40.8 Å². The Morgan fingerprint density at radius 1 is 1.16 bits per heavy atom. The molecule has 0 aromatic carbocycles. The zero-order valence-electron chi connectivity index (χ0n) is 13.2. The Morgan fingerprint density at radius 2 is 1.79 bits per heavy atom. The van der Waals surface area contributed by atoms with Gasteiger partial charge in [-0.25, -0.2) is 0 Å². The van der Waals surface area contributed by atoms with Crippen molar-refractivity contribution in [3.05, 3.63) is 23.5 Å². The molecule has 0 N–H and O–H groups in total. The molecule has 0 atom stereocenters. The van der Waals surface area contributed by atoms with E-state index < -0.39 is 0 Å². The Balaban J connectivity index is 2.00. The summed E-state index contributed by atoms with van der Waals surface area (Å²) in [6.45, 7) is 8.01. The zero-order chi connectivity index (χ0) is 14.0. The van der Waals surface area contributed by atoms with Crippen LogP contribution in [-0.2, 0) is 0 Å². The molecular weight excluding hydrogens is 234 g/mol. The molecule has 1 fully saturated rings. The van der Waals surface area contributed by atoms with E-state index in [0.29, 0.717) is 5.92 Å². The van der Waals surface area contributed by atoms with Gasteiger partial charge in [0.15, 0.2) is 0 Å². The van der Waals surface area contributed by atoms with Gasteiger partial charge in [0.05, 0.1) is 0 Å². The van der Waals surface area contributed by atoms with E-state index in [4.69, 9.17) is 0 Å². The lowest BCUT2D eigenvalue weighted by atomic mass is 9.99. The highest BCUT2D eigenvalue weighted by atomic mass is 15.3. The highest BCUT2D eigenvalue weighted by Gasteiger charge is 2.24. The maximum Gasteiger partial charge on any atom is 0.104 e. The molecule has 2 aliphatic heterocycles. The molecule has 3 nitrogen and oxygen atoms in total. The third kappa shape index (κ3) is 3.33. The highest BCUT2D eigenvalue weighted by molar-refractivity contribution is 5.25. The van der Waals surface area contributed by atoms with Crippen LogP contribution in [0, 0.1) is 5.92 Å². The lowest BCUT2D eigenvalue weighted by Gasteiger charge is -2.41. The fourth-order valence-electron chi connectivity index (χ4n) is 3.05. The topological polar surface area (TPSA) is 9.72 Å². The van der Waals surface area contributed by atoms with Gasteiger partial charge in [-0.15, -0.1) is 0 Å². The molecule has 1 saturated heterocycles. The number of hydrogen-bond donors (Lipinski definition) is 0. The predicted molar refractivity (Wildman–Crippen MR) is 81.9 cm³/mol. The minimum atomic E-state index is 0.653. The van der Waals surface area contributed by atoms with Crippen molar-refractivity contribution < 1.29 is 0 Å². The molecule has 0 bridgehead atoms. The number of hydrogen-bond acceptors (Lipinski definition) is 3. The molecule has 0 aromatic rings. The Bertz CT molecular complexity index is 360. The summed E-state index contributed by atoms with van der Waals surface area (Å²) < 4.78 is 0. The third-order valence-electron chi connectivity index (χ3n) is 4.52. The molecule has 2 aliphatic rings. The molecule has 2 heterocycles. The van der Waals surface area contributed by atoms with Gasteiger partial charge >= 0.3 is 0 Å². The lowest BCUT2D eigenvalue weighted by molar-refractivity contribution is 0.141. The van der Waals surface area contributed by atoms with E-state index in [2.05, 4.69) is 61.8 Å². The summed E-state index contributed by atoms with van der Waals surface area (Å²) in [5, 5.41) is 0. The van der Waals surface area contributed by atoms with Crippen LogP contribution in [-0.4, -0.2) is 61.5 Å². The predicted octanol–water partition coefficient (Wildman–Crippen LogP) is 2.38. The van der Waals surface area contributed by atoms with Crippen LogP contribution in [0.1, 0.15) is 26.7 Å². The lowest BCUT2D eigenvalue weighted by Crippen LogP contribution is -2.45. The first-order valence-corrected chi connectivity index (χ1v) is 7.52. The zero-order valence-corrected chi connectivity index (χ0v) is 13.2. The largest absolute Gasteiger partial charge is 0.358 e. The summed E-state index contributed by atoms with van der Waals surface area (Å²) in [5.74, 6) is 2.06. The fourth-order valence-corrected chi connectivity index (χ4v) is 3.05. The van der Waals surface area contributed by atoms with Crippen molar-refractivity contribution in [1.29, 1.82) is 0 Å². The summed E-state index contributed by atoms with van der Waals surface area (Å²) >= 11 is 0. The molecule has 0 aliphatic carbocycles. The molecule has 108 valence electrons. The van der Waals surface area contributed by atoms with Gasteiger partial charge in [0.1, 0.15) is 5.82 Å². The fraction of sp³-hybridized carbons (Fsp3) is 0.750. The van der Waals surface area contributed by atoms with Gasteiger partial charge in [0.2, 0.25) is 0 Å². The molecule has 3 heteroatoms. The average molecular weight is 263 g/mol. The van der Waals surface area contributed by atoms with Gasteiger partial charge in [-0.05, 0) is 44.5 Å². The molecule has 2 rings (SSSR count). The number of likely N-dealkylation sites (tertiary alicyclic amines) is 1. The van der Waals surface area contributed by atoms with Crippen molar-refractivity contribution in [1.82, 2.24) is 14.7 Å². The Labute approximate surface area is 118 Å². The third-order valence-corrected chi connectivity index (χ3v) is 4.52. The SMILES string of the molecule is CC(C)C1=CC=C(N2CCC(N(C)C)CC2)N(C)C1. The quantitative estimate of drug-likeness (QED) is 0.774. The number of nitrogens with zero attached hydrogens (tertiary/aromatic N) is 3. The van der Waals surface area contributed by atoms with Gasteiger partial charge in [-0.3, -0.25) is 0 Å². The second kappa shape index (κ2) is 6.00. The number of likely N-dealkylation sites (N-methyl/N-ethyl adjacent to an activating group) is 1. The average Bonchev–Trinajstić information content (AvgIpc) is 2.38. The molecule has 0 saturated carbocycles. The van der Waals surface area contributed by atoms with Crippen LogP contribution < -0.4 is 0 Å². The highest BCUT2D eigenvalue weighted by Crippen LogP contribution is 2.24. The molecule has 19 heavy (non-hydrogen) atoms. The van der Waals surface area contributed by atoms with Gasteiger partial charge < -0.3 is 14.7 Å². The van der Waals surface area contributed by atoms with E-state index in [1.165, 1.54) is 37.3 Å². The van der Waals surface area contributed by atoms with E-state index in [-0.39, 0.29) is 0 Å². The molecule has 0 unspecified atom stereocenters. The first-order valence-electron chi connectivity index (χ1n) is 7.52. The Hall–Kier alpha value is -0.960. The number of piperidine rings is 1. The summed E-state index contributed by atoms with van der Waals surface area (Å²) in [4.78, 5) is 7.33. The van der Waals surface area contributed by atoms with Crippen LogP contribution in [0.4, 0.5) is 0 Å². The van der Waals surface area contributed by atoms with Crippen molar-refractivity contribution in [3.63, 3.8) is 0 Å². The van der Waals surface area contributed by atoms with E-state index in [0.717, 1.165) is 12.6 Å². The monoisotopic (exact) mass is 263 g/mol. The maximum atomic E-state index is 2.55. The second-order valence-corrected chi connectivity index (χ2v) is 6.46. The smallest absolute Gasteiger partial charge is 0.104 e. The van der Waals surface area contributed by atoms with E-state index in [9.17, 15) is 0 Å². The first-order chi connectivity index (χ1) is 8.99. The van der Waals surface area contributed by atoms with Crippen molar-refractivity contribution in [2.45, 2.75) is 32.7 Å². The minimum absolute atomic E-state index is 0.653. The van der Waals surface area contributed by atoms with Gasteiger partial charge in [-0.2, -0.15) is 0 Å². The Morgan fingerprint density at radius 3 is 2.26 bits per heavy atom. The first kappa shape index (κ1) is 14.4. The summed E-state index contributed by atoms with van der Waals surface area (Å²) in [6.07, 6.45) is 7.20. The maximum absolute atomic E-state index is 2.55. The Kier molecular flexibility index (Phi) is 4.56. The normalized spacial score (nSPS) is 22.1. The van der Waals surface area contributed by atoms with Crippen molar-refractivity contribution >= 4 is 0 Å². The number of allylic oxidation sites excluding steroid dienone is 2. The molecule has 0 spiro atoms. The molecular formula is C16H29N3. The van der Waals surface area contributed by atoms with Gasteiger partial charge in [0, 0.05) is 32.7 Å². The van der Waals surface area contributed by atoms with Crippen LogP contribution >= 0.6 is 0 Å². The van der Waals surface area contributed by atoms with Gasteiger partial charge in [0.25, 0.3) is 0 Å². The summed E-state index contributed by atoms with van der Waals surface area (Å²) in [5.41, 5.74) is 1.54. The van der Waals surface area contributed by atoms with Gasteiger partial charge in [-0.1, -0.05) is 19.9 Å². The van der Waals surface area contributed by atoms with E-state index >= 15 is 0 Å². The second-order valence-electron chi connectivity index (χ2n) is 6.46. The van der Waals surface area contributed by atoms with Crippen molar-refractivity contribution in [2.24, 2.45) is 5.92 Å².